The second-order valence-electron chi connectivity index (χ2n) is 4.83. The lowest BCUT2D eigenvalue weighted by Crippen LogP contribution is -2.13. The summed E-state index contributed by atoms with van der Waals surface area (Å²) < 4.78 is 1.89. The molecule has 0 radical (unpaired) electrons. The lowest BCUT2D eigenvalue weighted by Gasteiger charge is -2.07. The first-order valence-electron chi connectivity index (χ1n) is 6.29. The van der Waals surface area contributed by atoms with Gasteiger partial charge in [-0.1, -0.05) is 13.8 Å². The first-order chi connectivity index (χ1) is 8.66. The molecule has 96 valence electrons. The number of rotatable bonds is 5. The third-order valence-corrected chi connectivity index (χ3v) is 2.88. The minimum Gasteiger partial charge on any atom is -0.308 e. The molecule has 2 aromatic rings. The highest BCUT2D eigenvalue weighted by molar-refractivity contribution is 5.20. The van der Waals surface area contributed by atoms with Crippen LogP contribution in [0.25, 0.3) is 0 Å². The molecule has 0 bridgehead atoms. The van der Waals surface area contributed by atoms with Gasteiger partial charge < -0.3 is 5.32 Å². The van der Waals surface area contributed by atoms with Gasteiger partial charge in [0.1, 0.15) is 0 Å². The van der Waals surface area contributed by atoms with Crippen LogP contribution in [0.5, 0.6) is 0 Å². The van der Waals surface area contributed by atoms with E-state index in [0.29, 0.717) is 5.92 Å². The van der Waals surface area contributed by atoms with Crippen molar-refractivity contribution in [2.45, 2.75) is 32.9 Å². The number of nitrogens with one attached hydrogen (secondary N) is 1. The molecule has 4 nitrogen and oxygen atoms in total. The Kier molecular flexibility index (Phi) is 4.10. The number of pyridine rings is 1. The molecular weight excluding hydrogens is 224 g/mol. The Balaban J connectivity index is 1.94. The minimum absolute atomic E-state index is 0.462. The third-order valence-electron chi connectivity index (χ3n) is 2.88. The Hall–Kier alpha value is -1.68. The predicted octanol–water partition coefficient (Wildman–Crippen LogP) is 2.23. The highest BCUT2D eigenvalue weighted by Gasteiger charge is 2.10. The molecule has 0 aliphatic rings. The minimum atomic E-state index is 0.462. The number of nitrogens with zero attached hydrogens (tertiary/aromatic N) is 3. The van der Waals surface area contributed by atoms with Crippen molar-refractivity contribution in [3.8, 4) is 0 Å². The van der Waals surface area contributed by atoms with Crippen molar-refractivity contribution in [1.29, 1.82) is 0 Å². The van der Waals surface area contributed by atoms with Crippen molar-refractivity contribution in [2.75, 3.05) is 0 Å². The molecule has 1 N–H and O–H groups in total. The SMILES string of the molecule is CC(C)c1nn(C)cc1CNCc1ccncc1. The number of aryl methyl sites for hydroxylation is 1. The Labute approximate surface area is 108 Å². The van der Waals surface area contributed by atoms with Gasteiger partial charge in [-0.3, -0.25) is 9.67 Å². The van der Waals surface area contributed by atoms with Gasteiger partial charge in [-0.15, -0.1) is 0 Å². The zero-order chi connectivity index (χ0) is 13.0. The van der Waals surface area contributed by atoms with E-state index in [1.165, 1.54) is 16.8 Å². The number of hydrogen-bond donors (Lipinski definition) is 1. The maximum absolute atomic E-state index is 4.50. The van der Waals surface area contributed by atoms with Gasteiger partial charge >= 0.3 is 0 Å². The topological polar surface area (TPSA) is 42.7 Å². The van der Waals surface area contributed by atoms with Gasteiger partial charge in [-0.05, 0) is 23.6 Å². The van der Waals surface area contributed by atoms with E-state index in [1.807, 2.05) is 36.3 Å². The highest BCUT2D eigenvalue weighted by atomic mass is 15.3. The van der Waals surface area contributed by atoms with Crippen LogP contribution >= 0.6 is 0 Å². The quantitative estimate of drug-likeness (QED) is 0.877. The van der Waals surface area contributed by atoms with Crippen LogP contribution in [-0.2, 0) is 20.1 Å². The Morgan fingerprint density at radius 3 is 2.61 bits per heavy atom. The summed E-state index contributed by atoms with van der Waals surface area (Å²) in [5.41, 5.74) is 3.71. The first-order valence-corrected chi connectivity index (χ1v) is 6.29. The van der Waals surface area contributed by atoms with Gasteiger partial charge in [0.15, 0.2) is 0 Å². The molecule has 2 rings (SSSR count). The molecule has 0 saturated heterocycles. The summed E-state index contributed by atoms with van der Waals surface area (Å²) in [4.78, 5) is 4.01. The molecule has 0 spiro atoms. The highest BCUT2D eigenvalue weighted by Crippen LogP contribution is 2.16. The van der Waals surface area contributed by atoms with Gasteiger partial charge in [0.2, 0.25) is 0 Å². The molecule has 0 saturated carbocycles. The average Bonchev–Trinajstić information content (AvgIpc) is 2.72. The van der Waals surface area contributed by atoms with Gasteiger partial charge in [0.05, 0.1) is 5.69 Å². The molecule has 0 fully saturated rings. The molecule has 0 aromatic carbocycles. The lowest BCUT2D eigenvalue weighted by atomic mass is 10.1. The molecule has 2 heterocycles. The average molecular weight is 244 g/mol. The molecule has 0 aliphatic heterocycles. The summed E-state index contributed by atoms with van der Waals surface area (Å²) in [6.07, 6.45) is 5.73. The maximum Gasteiger partial charge on any atom is 0.0694 e. The van der Waals surface area contributed by atoms with Crippen molar-refractivity contribution < 1.29 is 0 Å². The second-order valence-corrected chi connectivity index (χ2v) is 4.83. The Morgan fingerprint density at radius 1 is 1.22 bits per heavy atom. The fourth-order valence-electron chi connectivity index (χ4n) is 2.02. The van der Waals surface area contributed by atoms with Crippen molar-refractivity contribution in [1.82, 2.24) is 20.1 Å². The smallest absolute Gasteiger partial charge is 0.0694 e. The molecule has 0 amide bonds. The van der Waals surface area contributed by atoms with E-state index in [1.54, 1.807) is 0 Å². The molecule has 0 atom stereocenters. The largest absolute Gasteiger partial charge is 0.308 e. The Morgan fingerprint density at radius 2 is 1.94 bits per heavy atom. The number of hydrogen-bond acceptors (Lipinski definition) is 3. The van der Waals surface area contributed by atoms with E-state index < -0.39 is 0 Å². The van der Waals surface area contributed by atoms with E-state index in [0.717, 1.165) is 13.1 Å². The van der Waals surface area contributed by atoms with Crippen LogP contribution in [0.15, 0.2) is 30.7 Å². The summed E-state index contributed by atoms with van der Waals surface area (Å²) in [5, 5.41) is 7.95. The number of aromatic nitrogens is 3. The van der Waals surface area contributed by atoms with E-state index in [4.69, 9.17) is 0 Å². The van der Waals surface area contributed by atoms with Crippen LogP contribution in [0.4, 0.5) is 0 Å². The fraction of sp³-hybridized carbons (Fsp3) is 0.429. The predicted molar refractivity (Wildman–Crippen MR) is 72.1 cm³/mol. The molecular formula is C14H20N4. The summed E-state index contributed by atoms with van der Waals surface area (Å²) in [6.45, 7) is 6.06. The van der Waals surface area contributed by atoms with E-state index in [2.05, 4.69) is 35.4 Å². The van der Waals surface area contributed by atoms with Gasteiger partial charge in [-0.25, -0.2) is 0 Å². The van der Waals surface area contributed by atoms with Crippen LogP contribution in [0.1, 0.15) is 36.6 Å². The monoisotopic (exact) mass is 244 g/mol. The van der Waals surface area contributed by atoms with Crippen LogP contribution in [0, 0.1) is 0 Å². The zero-order valence-corrected chi connectivity index (χ0v) is 11.2. The molecule has 2 aromatic heterocycles. The standard InChI is InChI=1S/C14H20N4/c1-11(2)14-13(10-18(3)17-14)9-16-8-12-4-6-15-7-5-12/h4-7,10-11,16H,8-9H2,1-3H3. The normalized spacial score (nSPS) is 11.1. The summed E-state index contributed by atoms with van der Waals surface area (Å²) in [5.74, 6) is 0.462. The van der Waals surface area contributed by atoms with Crippen molar-refractivity contribution in [3.05, 3.63) is 47.5 Å². The van der Waals surface area contributed by atoms with E-state index >= 15 is 0 Å². The fourth-order valence-corrected chi connectivity index (χ4v) is 2.02. The van der Waals surface area contributed by atoms with Crippen LogP contribution in [-0.4, -0.2) is 14.8 Å². The van der Waals surface area contributed by atoms with E-state index in [9.17, 15) is 0 Å². The van der Waals surface area contributed by atoms with Gasteiger partial charge in [-0.2, -0.15) is 5.10 Å². The Bertz CT molecular complexity index is 488. The second kappa shape index (κ2) is 5.78. The first kappa shape index (κ1) is 12.8. The van der Waals surface area contributed by atoms with Crippen LogP contribution < -0.4 is 5.32 Å². The van der Waals surface area contributed by atoms with Crippen LogP contribution in [0.3, 0.4) is 0 Å². The summed E-state index contributed by atoms with van der Waals surface area (Å²) in [6, 6.07) is 4.05. The molecule has 0 aliphatic carbocycles. The van der Waals surface area contributed by atoms with Crippen molar-refractivity contribution in [3.63, 3.8) is 0 Å². The third kappa shape index (κ3) is 3.17. The van der Waals surface area contributed by atoms with Crippen molar-refractivity contribution in [2.24, 2.45) is 7.05 Å². The van der Waals surface area contributed by atoms with Crippen LogP contribution in [0.2, 0.25) is 0 Å². The van der Waals surface area contributed by atoms with Gasteiger partial charge in [0, 0.05) is 44.3 Å². The zero-order valence-electron chi connectivity index (χ0n) is 11.2. The van der Waals surface area contributed by atoms with Crippen molar-refractivity contribution >= 4 is 0 Å². The maximum atomic E-state index is 4.50. The molecule has 0 unspecified atom stereocenters. The van der Waals surface area contributed by atoms with E-state index in [-0.39, 0.29) is 0 Å². The summed E-state index contributed by atoms with van der Waals surface area (Å²) in [7, 11) is 1.97. The summed E-state index contributed by atoms with van der Waals surface area (Å²) >= 11 is 0. The lowest BCUT2D eigenvalue weighted by molar-refractivity contribution is 0.677. The molecule has 18 heavy (non-hydrogen) atoms. The molecule has 4 heteroatoms. The van der Waals surface area contributed by atoms with Gasteiger partial charge in [0.25, 0.3) is 0 Å².